The monoisotopic (exact) mass is 383 g/mol. The van der Waals surface area contributed by atoms with Crippen LogP contribution in [0.2, 0.25) is 0 Å². The van der Waals surface area contributed by atoms with E-state index in [0.717, 1.165) is 37.8 Å². The molecule has 1 aromatic carbocycles. The second-order valence-electron chi connectivity index (χ2n) is 8.65. The summed E-state index contributed by atoms with van der Waals surface area (Å²) in [4.78, 5) is 18.4. The molecule has 1 saturated carbocycles. The van der Waals surface area contributed by atoms with Gasteiger partial charge in [-0.15, -0.1) is 0 Å². The highest BCUT2D eigenvalue weighted by atomic mass is 16.6. The van der Waals surface area contributed by atoms with Crippen molar-refractivity contribution in [1.82, 2.24) is 0 Å². The Hall–Kier alpha value is -1.64. The van der Waals surface area contributed by atoms with Gasteiger partial charge in [-0.05, 0) is 37.2 Å². The highest BCUT2D eigenvalue weighted by molar-refractivity contribution is 6.40. The van der Waals surface area contributed by atoms with E-state index in [9.17, 15) is 4.79 Å². The molecule has 0 spiro atoms. The van der Waals surface area contributed by atoms with E-state index in [-0.39, 0.29) is 17.8 Å². The van der Waals surface area contributed by atoms with E-state index < -0.39 is 0 Å². The van der Waals surface area contributed by atoms with Crippen molar-refractivity contribution in [2.24, 2.45) is 11.1 Å². The Balaban J connectivity index is 1.37. The predicted octanol–water partition coefficient (Wildman–Crippen LogP) is 6.82. The number of unbranched alkanes of at least 4 members (excludes halogenated alkanes) is 8. The Morgan fingerprint density at radius 3 is 2.36 bits per heavy atom. The molecular weight excluding hydrogens is 346 g/mol. The molecule has 1 aliphatic heterocycles. The second kappa shape index (κ2) is 11.4. The summed E-state index contributed by atoms with van der Waals surface area (Å²) in [5.41, 5.74) is 2.11. The number of ketones is 1. The number of rotatable bonds is 12. The third-order valence-corrected chi connectivity index (χ3v) is 6.49. The minimum absolute atomic E-state index is 0.127. The van der Waals surface area contributed by atoms with E-state index in [4.69, 9.17) is 4.84 Å². The average Bonchev–Trinajstić information content (AvgIpc) is 3.16. The van der Waals surface area contributed by atoms with Crippen LogP contribution >= 0.6 is 0 Å². The van der Waals surface area contributed by atoms with Gasteiger partial charge in [0.15, 0.2) is 5.78 Å². The fourth-order valence-corrected chi connectivity index (χ4v) is 4.76. The predicted molar refractivity (Wildman–Crippen MR) is 116 cm³/mol. The minimum atomic E-state index is 0.127. The van der Waals surface area contributed by atoms with Gasteiger partial charge in [-0.2, -0.15) is 0 Å². The van der Waals surface area contributed by atoms with Crippen LogP contribution in [0.4, 0.5) is 0 Å². The smallest absolute Gasteiger partial charge is 0.180 e. The van der Waals surface area contributed by atoms with E-state index in [0.29, 0.717) is 12.3 Å². The first-order chi connectivity index (χ1) is 13.8. The first-order valence-electron chi connectivity index (χ1n) is 11.6. The molecule has 28 heavy (non-hydrogen) atoms. The first kappa shape index (κ1) is 21.1. The van der Waals surface area contributed by atoms with Crippen LogP contribution in [0.5, 0.6) is 0 Å². The molecule has 3 heteroatoms. The van der Waals surface area contributed by atoms with Crippen molar-refractivity contribution in [2.45, 2.75) is 102 Å². The standard InChI is InChI=1S/C25H37NO2/c1-2-3-4-5-6-7-8-9-13-16-23(27)25-22-19-21(17-18-24(22)28-26-25)20-14-11-10-12-15-20/h10-12,14-15,21-22,24H,2-9,13,16-19H2,1H3. The van der Waals surface area contributed by atoms with Crippen LogP contribution in [0.3, 0.4) is 0 Å². The van der Waals surface area contributed by atoms with Crippen molar-refractivity contribution in [3.05, 3.63) is 35.9 Å². The fraction of sp³-hybridized carbons (Fsp3) is 0.680. The minimum Gasteiger partial charge on any atom is -0.391 e. The van der Waals surface area contributed by atoms with Crippen molar-refractivity contribution in [2.75, 3.05) is 0 Å². The number of hydrogen-bond donors (Lipinski definition) is 0. The summed E-state index contributed by atoms with van der Waals surface area (Å²) in [5.74, 6) is 0.948. The van der Waals surface area contributed by atoms with E-state index in [1.807, 2.05) is 0 Å². The summed E-state index contributed by atoms with van der Waals surface area (Å²) in [6.07, 6.45) is 15.4. The number of oxime groups is 1. The first-order valence-corrected chi connectivity index (χ1v) is 11.6. The largest absolute Gasteiger partial charge is 0.391 e. The second-order valence-corrected chi connectivity index (χ2v) is 8.65. The molecule has 1 fully saturated rings. The lowest BCUT2D eigenvalue weighted by atomic mass is 9.74. The zero-order chi connectivity index (χ0) is 19.6. The van der Waals surface area contributed by atoms with Gasteiger partial charge in [0.05, 0.1) is 0 Å². The Labute approximate surface area is 170 Å². The topological polar surface area (TPSA) is 38.7 Å². The summed E-state index contributed by atoms with van der Waals surface area (Å²) < 4.78 is 0. The molecule has 0 amide bonds. The molecule has 3 unspecified atom stereocenters. The van der Waals surface area contributed by atoms with E-state index in [1.54, 1.807) is 0 Å². The van der Waals surface area contributed by atoms with Gasteiger partial charge in [0.2, 0.25) is 0 Å². The Bertz CT molecular complexity index is 625. The lowest BCUT2D eigenvalue weighted by molar-refractivity contribution is -0.113. The molecule has 3 rings (SSSR count). The molecule has 0 bridgehead atoms. The number of fused-ring (bicyclic) bond motifs is 1. The SMILES string of the molecule is CCCCCCCCCCCC(=O)C1=NOC2CCC(c3ccccc3)CC12. The molecule has 3 atom stereocenters. The van der Waals surface area contributed by atoms with Crippen molar-refractivity contribution in [3.63, 3.8) is 0 Å². The zero-order valence-electron chi connectivity index (χ0n) is 17.6. The third-order valence-electron chi connectivity index (χ3n) is 6.49. The van der Waals surface area contributed by atoms with Gasteiger partial charge in [-0.3, -0.25) is 4.79 Å². The van der Waals surface area contributed by atoms with Crippen LogP contribution in [0.1, 0.15) is 102 Å². The van der Waals surface area contributed by atoms with Gasteiger partial charge in [-0.1, -0.05) is 93.8 Å². The van der Waals surface area contributed by atoms with E-state index >= 15 is 0 Å². The summed E-state index contributed by atoms with van der Waals surface area (Å²) >= 11 is 0. The van der Waals surface area contributed by atoms with Gasteiger partial charge in [0.1, 0.15) is 11.8 Å². The number of benzene rings is 1. The maximum atomic E-state index is 12.7. The molecule has 0 aromatic heterocycles. The number of nitrogens with zero attached hydrogens (tertiary/aromatic N) is 1. The summed E-state index contributed by atoms with van der Waals surface area (Å²) in [6.45, 7) is 2.26. The maximum Gasteiger partial charge on any atom is 0.180 e. The van der Waals surface area contributed by atoms with Crippen LogP contribution in [0, 0.1) is 5.92 Å². The van der Waals surface area contributed by atoms with Gasteiger partial charge >= 0.3 is 0 Å². The van der Waals surface area contributed by atoms with Crippen molar-refractivity contribution in [1.29, 1.82) is 0 Å². The number of carbonyl (C=O) groups is 1. The quantitative estimate of drug-likeness (QED) is 0.372. The van der Waals surface area contributed by atoms with Crippen LogP contribution in [0.25, 0.3) is 0 Å². The molecule has 1 aliphatic carbocycles. The molecule has 0 N–H and O–H groups in total. The third kappa shape index (κ3) is 5.93. The van der Waals surface area contributed by atoms with Crippen LogP contribution in [-0.2, 0) is 9.63 Å². The Kier molecular flexibility index (Phi) is 8.57. The van der Waals surface area contributed by atoms with Crippen molar-refractivity contribution < 1.29 is 9.63 Å². The lowest BCUT2D eigenvalue weighted by Crippen LogP contribution is -2.33. The molecule has 3 nitrogen and oxygen atoms in total. The molecule has 0 saturated heterocycles. The van der Waals surface area contributed by atoms with Crippen molar-refractivity contribution >= 4 is 11.5 Å². The number of hydrogen-bond acceptors (Lipinski definition) is 3. The average molecular weight is 384 g/mol. The molecule has 1 aromatic rings. The summed E-state index contributed by atoms with van der Waals surface area (Å²) in [5, 5.41) is 4.23. The van der Waals surface area contributed by atoms with Crippen molar-refractivity contribution in [3.8, 4) is 0 Å². The Morgan fingerprint density at radius 1 is 0.964 bits per heavy atom. The van der Waals surface area contributed by atoms with Crippen LogP contribution < -0.4 is 0 Å². The van der Waals surface area contributed by atoms with E-state index in [1.165, 1.54) is 50.5 Å². The molecule has 0 radical (unpaired) electrons. The summed E-state index contributed by atoms with van der Waals surface area (Å²) in [7, 11) is 0. The van der Waals surface area contributed by atoms with Gasteiger partial charge in [0, 0.05) is 12.3 Å². The number of Topliss-reactive ketones (excluding diaryl/α,β-unsaturated/α-hetero) is 1. The molecule has 1 heterocycles. The fourth-order valence-electron chi connectivity index (χ4n) is 4.76. The van der Waals surface area contributed by atoms with E-state index in [2.05, 4.69) is 42.4 Å². The zero-order valence-corrected chi connectivity index (χ0v) is 17.6. The normalized spacial score (nSPS) is 23.8. The van der Waals surface area contributed by atoms with Crippen LogP contribution in [-0.4, -0.2) is 17.6 Å². The molecular formula is C25H37NO2. The lowest BCUT2D eigenvalue weighted by Gasteiger charge is -2.30. The highest BCUT2D eigenvalue weighted by Crippen LogP contribution is 2.41. The Morgan fingerprint density at radius 2 is 1.64 bits per heavy atom. The van der Waals surface area contributed by atoms with Gasteiger partial charge in [0.25, 0.3) is 0 Å². The maximum absolute atomic E-state index is 12.7. The number of carbonyl (C=O) groups excluding carboxylic acids is 1. The highest BCUT2D eigenvalue weighted by Gasteiger charge is 2.42. The molecule has 2 aliphatic rings. The van der Waals surface area contributed by atoms with Crippen LogP contribution in [0.15, 0.2) is 35.5 Å². The summed E-state index contributed by atoms with van der Waals surface area (Å²) in [6, 6.07) is 10.7. The van der Waals surface area contributed by atoms with Gasteiger partial charge < -0.3 is 4.84 Å². The molecule has 154 valence electrons. The van der Waals surface area contributed by atoms with Gasteiger partial charge in [-0.25, -0.2) is 0 Å².